The van der Waals surface area contributed by atoms with Gasteiger partial charge in [-0.1, -0.05) is 114 Å². The summed E-state index contributed by atoms with van der Waals surface area (Å²) in [5.74, 6) is -2.23. The molecule has 7 aromatic rings. The summed E-state index contributed by atoms with van der Waals surface area (Å²) in [5, 5.41) is 2.74. The molecule has 0 fully saturated rings. The molecule has 312 valence electrons. The molecule has 8 nitrogen and oxygen atoms in total. The SMILES string of the molecule is CCOC(=O)c1cc(-c2ccccc2Cl)c(C(=O)OCC)cc1-c1ccc(-c2ccc(-c3cc(C(=O)OCC)c(-c4ccc5ccccc5c4)cc3C(=O)OCC)c(Cl)c2)cc1. The zero-order valence-corrected chi connectivity index (χ0v) is 36.1. The van der Waals surface area contributed by atoms with Crippen LogP contribution in [0.3, 0.4) is 0 Å². The van der Waals surface area contributed by atoms with Gasteiger partial charge in [-0.3, -0.25) is 0 Å². The molecular formula is C52H42Cl2O8. The summed E-state index contributed by atoms with van der Waals surface area (Å²) in [7, 11) is 0. The third-order valence-corrected chi connectivity index (χ3v) is 11.0. The monoisotopic (exact) mass is 864 g/mol. The van der Waals surface area contributed by atoms with Crippen molar-refractivity contribution in [2.24, 2.45) is 0 Å². The average molecular weight is 866 g/mol. The van der Waals surface area contributed by atoms with Crippen LogP contribution in [-0.2, 0) is 18.9 Å². The Hall–Kier alpha value is -6.74. The topological polar surface area (TPSA) is 105 Å². The van der Waals surface area contributed by atoms with E-state index in [1.54, 1.807) is 88.4 Å². The molecule has 0 saturated heterocycles. The Morgan fingerprint density at radius 3 is 1.27 bits per heavy atom. The third-order valence-electron chi connectivity index (χ3n) is 10.3. The van der Waals surface area contributed by atoms with Gasteiger partial charge in [-0.15, -0.1) is 0 Å². The van der Waals surface area contributed by atoms with Gasteiger partial charge in [-0.05, 0) is 125 Å². The first-order valence-corrected chi connectivity index (χ1v) is 21.0. The van der Waals surface area contributed by atoms with Crippen molar-refractivity contribution in [3.63, 3.8) is 0 Å². The van der Waals surface area contributed by atoms with Gasteiger partial charge in [0.2, 0.25) is 0 Å². The van der Waals surface area contributed by atoms with Gasteiger partial charge in [0.15, 0.2) is 0 Å². The Morgan fingerprint density at radius 2 is 0.758 bits per heavy atom. The molecule has 10 heteroatoms. The van der Waals surface area contributed by atoms with Crippen LogP contribution in [0, 0.1) is 0 Å². The molecule has 0 heterocycles. The van der Waals surface area contributed by atoms with E-state index < -0.39 is 23.9 Å². The summed E-state index contributed by atoms with van der Waals surface area (Å²) in [6, 6.07) is 40.3. The van der Waals surface area contributed by atoms with Crippen molar-refractivity contribution in [2.75, 3.05) is 26.4 Å². The Balaban J connectivity index is 1.31. The molecule has 0 atom stereocenters. The summed E-state index contributed by atoms with van der Waals surface area (Å²) in [5.41, 5.74) is 6.85. The van der Waals surface area contributed by atoms with Crippen molar-refractivity contribution in [3.05, 3.63) is 166 Å². The van der Waals surface area contributed by atoms with Crippen LogP contribution in [0.25, 0.3) is 66.4 Å². The number of fused-ring (bicyclic) bond motifs is 1. The first kappa shape index (κ1) is 43.4. The molecule has 0 spiro atoms. The van der Waals surface area contributed by atoms with Gasteiger partial charge in [-0.2, -0.15) is 0 Å². The number of rotatable bonds is 13. The van der Waals surface area contributed by atoms with Crippen molar-refractivity contribution in [3.8, 4) is 55.6 Å². The summed E-state index contributed by atoms with van der Waals surface area (Å²) in [6.07, 6.45) is 0. The van der Waals surface area contributed by atoms with Crippen LogP contribution in [0.15, 0.2) is 133 Å². The maximum atomic E-state index is 13.6. The fourth-order valence-corrected chi connectivity index (χ4v) is 7.95. The van der Waals surface area contributed by atoms with Gasteiger partial charge >= 0.3 is 23.9 Å². The highest BCUT2D eigenvalue weighted by molar-refractivity contribution is 6.34. The number of ether oxygens (including phenoxy) is 4. The maximum absolute atomic E-state index is 13.6. The Bertz CT molecular complexity index is 2850. The van der Waals surface area contributed by atoms with Crippen LogP contribution >= 0.6 is 23.2 Å². The van der Waals surface area contributed by atoms with E-state index in [1.165, 1.54) is 0 Å². The third kappa shape index (κ3) is 8.98. The lowest BCUT2D eigenvalue weighted by Crippen LogP contribution is -2.12. The normalized spacial score (nSPS) is 10.9. The van der Waals surface area contributed by atoms with E-state index in [9.17, 15) is 19.2 Å². The molecular weight excluding hydrogens is 823 g/mol. The lowest BCUT2D eigenvalue weighted by Gasteiger charge is -2.18. The minimum absolute atomic E-state index is 0.142. The minimum atomic E-state index is -0.566. The molecule has 0 aliphatic heterocycles. The number of benzene rings is 7. The molecule has 0 radical (unpaired) electrons. The highest BCUT2D eigenvalue weighted by Gasteiger charge is 2.26. The number of hydrogen-bond acceptors (Lipinski definition) is 8. The van der Waals surface area contributed by atoms with Gasteiger partial charge in [0, 0.05) is 21.2 Å². The fraction of sp³-hybridized carbons (Fsp3) is 0.154. The molecule has 0 saturated carbocycles. The predicted molar refractivity (Wildman–Crippen MR) is 245 cm³/mol. The quantitative estimate of drug-likeness (QED) is 0.0833. The smallest absolute Gasteiger partial charge is 0.338 e. The van der Waals surface area contributed by atoms with Crippen molar-refractivity contribution >= 4 is 57.9 Å². The van der Waals surface area contributed by atoms with Crippen molar-refractivity contribution in [1.82, 2.24) is 0 Å². The van der Waals surface area contributed by atoms with E-state index in [2.05, 4.69) is 0 Å². The Morgan fingerprint density at radius 1 is 0.355 bits per heavy atom. The van der Waals surface area contributed by atoms with Crippen molar-refractivity contribution in [2.45, 2.75) is 27.7 Å². The largest absolute Gasteiger partial charge is 0.462 e. The lowest BCUT2D eigenvalue weighted by molar-refractivity contribution is 0.0513. The number of esters is 4. The van der Waals surface area contributed by atoms with Gasteiger partial charge in [0.1, 0.15) is 0 Å². The number of carbonyl (C=O) groups is 4. The standard InChI is InChI=1S/C52H42Cl2O8/c1-5-59-49(55)43-29-41(37-15-11-12-16-47(37)53)45(51(57)61-7-3)27-39(43)33-20-17-32(18-21-33)35-23-24-38(48(54)26-35)42-30-44(50(56)60-6-2)40(28-46(42)52(58)62-8-4)36-22-19-31-13-9-10-14-34(31)25-36/h9-30H,5-8H2,1-4H3. The fourth-order valence-electron chi connectivity index (χ4n) is 7.43. The minimum Gasteiger partial charge on any atom is -0.462 e. The number of carbonyl (C=O) groups excluding carboxylic acids is 4. The Labute approximate surface area is 369 Å². The first-order valence-electron chi connectivity index (χ1n) is 20.3. The summed E-state index contributed by atoms with van der Waals surface area (Å²) < 4.78 is 21.9. The molecule has 62 heavy (non-hydrogen) atoms. The van der Waals surface area contributed by atoms with Gasteiger partial charge in [0.05, 0.1) is 48.7 Å². The summed E-state index contributed by atoms with van der Waals surface area (Å²) >= 11 is 13.7. The van der Waals surface area contributed by atoms with E-state index in [0.717, 1.165) is 27.5 Å². The van der Waals surface area contributed by atoms with Crippen LogP contribution in [-0.4, -0.2) is 50.3 Å². The van der Waals surface area contributed by atoms with E-state index in [-0.39, 0.29) is 48.7 Å². The molecule has 0 aliphatic rings. The molecule has 7 rings (SSSR count). The highest BCUT2D eigenvalue weighted by Crippen LogP contribution is 2.41. The van der Waals surface area contributed by atoms with E-state index in [0.29, 0.717) is 49.0 Å². The second kappa shape index (κ2) is 19.3. The molecule has 0 aliphatic carbocycles. The van der Waals surface area contributed by atoms with Gasteiger partial charge in [-0.25, -0.2) is 19.2 Å². The van der Waals surface area contributed by atoms with Crippen molar-refractivity contribution in [1.29, 1.82) is 0 Å². The molecule has 0 aromatic heterocycles. The van der Waals surface area contributed by atoms with Crippen LogP contribution in [0.2, 0.25) is 10.0 Å². The van der Waals surface area contributed by atoms with Crippen LogP contribution in [0.1, 0.15) is 69.1 Å². The number of hydrogen-bond donors (Lipinski definition) is 0. The predicted octanol–water partition coefficient (Wildman–Crippen LogP) is 13.2. The van der Waals surface area contributed by atoms with Gasteiger partial charge in [0.25, 0.3) is 0 Å². The van der Waals surface area contributed by atoms with E-state index in [4.69, 9.17) is 42.1 Å². The highest BCUT2D eigenvalue weighted by atomic mass is 35.5. The molecule has 0 bridgehead atoms. The second-order valence-electron chi connectivity index (χ2n) is 14.1. The zero-order chi connectivity index (χ0) is 43.9. The zero-order valence-electron chi connectivity index (χ0n) is 34.6. The summed E-state index contributed by atoms with van der Waals surface area (Å²) in [4.78, 5) is 54.1. The molecule has 0 amide bonds. The second-order valence-corrected chi connectivity index (χ2v) is 14.9. The van der Waals surface area contributed by atoms with E-state index in [1.807, 2.05) is 72.8 Å². The van der Waals surface area contributed by atoms with Gasteiger partial charge < -0.3 is 18.9 Å². The maximum Gasteiger partial charge on any atom is 0.338 e. The average Bonchev–Trinajstić information content (AvgIpc) is 3.28. The number of halogens is 2. The van der Waals surface area contributed by atoms with E-state index >= 15 is 0 Å². The molecule has 0 unspecified atom stereocenters. The lowest BCUT2D eigenvalue weighted by atomic mass is 9.89. The Kier molecular flexibility index (Phi) is 13.5. The molecule has 7 aromatic carbocycles. The summed E-state index contributed by atoms with van der Waals surface area (Å²) in [6.45, 7) is 7.52. The van der Waals surface area contributed by atoms with Crippen LogP contribution in [0.4, 0.5) is 0 Å². The molecule has 0 N–H and O–H groups in total. The first-order chi connectivity index (χ1) is 30.1. The van der Waals surface area contributed by atoms with Crippen molar-refractivity contribution < 1.29 is 38.1 Å². The van der Waals surface area contributed by atoms with Crippen LogP contribution in [0.5, 0.6) is 0 Å². The van der Waals surface area contributed by atoms with Crippen LogP contribution < -0.4 is 0 Å².